The first-order chi connectivity index (χ1) is 7.07. The highest BCUT2D eigenvalue weighted by Gasteiger charge is 2.27. The van der Waals surface area contributed by atoms with Crippen molar-refractivity contribution < 1.29 is 9.50 Å². The van der Waals surface area contributed by atoms with Crippen LogP contribution in [0.3, 0.4) is 0 Å². The summed E-state index contributed by atoms with van der Waals surface area (Å²) in [6.45, 7) is 3.37. The van der Waals surface area contributed by atoms with Gasteiger partial charge in [0, 0.05) is 31.0 Å². The summed E-state index contributed by atoms with van der Waals surface area (Å²) in [6.07, 6.45) is 2.91. The van der Waals surface area contributed by atoms with Crippen LogP contribution in [-0.2, 0) is 0 Å². The lowest BCUT2D eigenvalue weighted by Crippen LogP contribution is -2.42. The number of aromatic nitrogens is 1. The largest absolute Gasteiger partial charge is 0.390 e. The Bertz CT molecular complexity index is 344. The van der Waals surface area contributed by atoms with Crippen LogP contribution in [0.4, 0.5) is 10.1 Å². The van der Waals surface area contributed by atoms with Crippen molar-refractivity contribution in [3.8, 4) is 0 Å². The molecular weight excluding hydrogens is 195 g/mol. The van der Waals surface area contributed by atoms with E-state index in [-0.39, 0.29) is 0 Å². The van der Waals surface area contributed by atoms with Crippen LogP contribution in [0.15, 0.2) is 18.3 Å². The highest BCUT2D eigenvalue weighted by atomic mass is 19.1. The summed E-state index contributed by atoms with van der Waals surface area (Å²) in [5, 5.41) is 9.78. The third-order valence-electron chi connectivity index (χ3n) is 2.92. The molecule has 0 radical (unpaired) electrons. The number of hydrogen-bond donors (Lipinski definition) is 1. The average Bonchev–Trinajstić information content (AvgIpc) is 2.17. The normalized spacial score (nSPS) is 20.3. The maximum Gasteiger partial charge on any atom is 0.214 e. The van der Waals surface area contributed by atoms with Gasteiger partial charge in [-0.25, -0.2) is 4.98 Å². The molecule has 4 heteroatoms. The van der Waals surface area contributed by atoms with Crippen LogP contribution in [0, 0.1) is 5.95 Å². The quantitative estimate of drug-likeness (QED) is 0.715. The lowest BCUT2D eigenvalue weighted by molar-refractivity contribution is 0.0351. The van der Waals surface area contributed by atoms with E-state index in [2.05, 4.69) is 9.88 Å². The highest BCUT2D eigenvalue weighted by Crippen LogP contribution is 2.25. The summed E-state index contributed by atoms with van der Waals surface area (Å²) in [5.41, 5.74) is 0.278. The van der Waals surface area contributed by atoms with Crippen molar-refractivity contribution in [2.75, 3.05) is 18.0 Å². The monoisotopic (exact) mass is 210 g/mol. The molecule has 2 heterocycles. The minimum atomic E-state index is -0.567. The number of nitrogens with zero attached hydrogens (tertiary/aromatic N) is 2. The van der Waals surface area contributed by atoms with Crippen LogP contribution in [0.1, 0.15) is 19.8 Å². The van der Waals surface area contributed by atoms with E-state index >= 15 is 0 Å². The molecule has 1 aliphatic heterocycles. The Hall–Kier alpha value is -1.16. The second kappa shape index (κ2) is 3.77. The summed E-state index contributed by atoms with van der Waals surface area (Å²) in [4.78, 5) is 5.59. The first-order valence-corrected chi connectivity index (χ1v) is 5.16. The minimum Gasteiger partial charge on any atom is -0.390 e. The Morgan fingerprint density at radius 1 is 1.47 bits per heavy atom. The van der Waals surface area contributed by atoms with Crippen molar-refractivity contribution >= 4 is 5.69 Å². The highest BCUT2D eigenvalue weighted by molar-refractivity contribution is 5.45. The van der Waals surface area contributed by atoms with Gasteiger partial charge in [-0.2, -0.15) is 4.39 Å². The predicted molar refractivity (Wildman–Crippen MR) is 56.3 cm³/mol. The second-order valence-corrected chi connectivity index (χ2v) is 4.32. The Balaban J connectivity index is 2.08. The van der Waals surface area contributed by atoms with Gasteiger partial charge < -0.3 is 10.0 Å². The number of piperidine rings is 1. The maximum absolute atomic E-state index is 12.9. The zero-order valence-corrected chi connectivity index (χ0v) is 8.78. The van der Waals surface area contributed by atoms with Gasteiger partial charge in [-0.1, -0.05) is 0 Å². The standard InChI is InChI=1S/C11H15FN2O/c1-11(15)3-6-14(7-4-11)9-2-5-13-10(12)8-9/h2,5,8,15H,3-4,6-7H2,1H3. The molecule has 0 aromatic carbocycles. The molecule has 1 aromatic heterocycles. The lowest BCUT2D eigenvalue weighted by Gasteiger charge is -2.37. The van der Waals surface area contributed by atoms with Gasteiger partial charge in [0.05, 0.1) is 5.60 Å². The number of halogens is 1. The molecule has 0 unspecified atom stereocenters. The summed E-state index contributed by atoms with van der Waals surface area (Å²) in [6, 6.07) is 3.23. The van der Waals surface area contributed by atoms with Crippen LogP contribution >= 0.6 is 0 Å². The summed E-state index contributed by atoms with van der Waals surface area (Å²) >= 11 is 0. The summed E-state index contributed by atoms with van der Waals surface area (Å²) in [5.74, 6) is -0.454. The Kier molecular flexibility index (Phi) is 2.61. The van der Waals surface area contributed by atoms with Crippen molar-refractivity contribution in [2.24, 2.45) is 0 Å². The molecule has 0 amide bonds. The Labute approximate surface area is 88.6 Å². The van der Waals surface area contributed by atoms with E-state index in [4.69, 9.17) is 0 Å². The first kappa shape index (κ1) is 10.4. The molecule has 3 nitrogen and oxygen atoms in total. The smallest absolute Gasteiger partial charge is 0.214 e. The van der Waals surface area contributed by atoms with E-state index < -0.39 is 11.5 Å². The van der Waals surface area contributed by atoms with Gasteiger partial charge in [-0.15, -0.1) is 0 Å². The molecule has 1 aliphatic rings. The van der Waals surface area contributed by atoms with E-state index in [0.29, 0.717) is 0 Å². The molecule has 0 saturated carbocycles. The van der Waals surface area contributed by atoms with Gasteiger partial charge in [-0.3, -0.25) is 0 Å². The van der Waals surface area contributed by atoms with E-state index in [9.17, 15) is 9.50 Å². The topological polar surface area (TPSA) is 36.4 Å². The van der Waals surface area contributed by atoms with Crippen molar-refractivity contribution in [3.05, 3.63) is 24.3 Å². The lowest BCUT2D eigenvalue weighted by atomic mass is 9.93. The molecule has 0 atom stereocenters. The van der Waals surface area contributed by atoms with Gasteiger partial charge in [0.15, 0.2) is 0 Å². The van der Waals surface area contributed by atoms with Crippen LogP contribution < -0.4 is 4.90 Å². The van der Waals surface area contributed by atoms with Crippen molar-refractivity contribution in [2.45, 2.75) is 25.4 Å². The first-order valence-electron chi connectivity index (χ1n) is 5.16. The average molecular weight is 210 g/mol. The Morgan fingerprint density at radius 2 is 2.13 bits per heavy atom. The van der Waals surface area contributed by atoms with Crippen molar-refractivity contribution in [3.63, 3.8) is 0 Å². The van der Waals surface area contributed by atoms with Gasteiger partial charge in [-0.05, 0) is 25.8 Å². The molecule has 1 saturated heterocycles. The van der Waals surface area contributed by atoms with Crippen LogP contribution in [0.5, 0.6) is 0 Å². The van der Waals surface area contributed by atoms with E-state index in [1.165, 1.54) is 12.3 Å². The predicted octanol–water partition coefficient (Wildman–Crippen LogP) is 1.57. The van der Waals surface area contributed by atoms with Crippen LogP contribution in [0.25, 0.3) is 0 Å². The van der Waals surface area contributed by atoms with Crippen molar-refractivity contribution in [1.82, 2.24) is 4.98 Å². The van der Waals surface area contributed by atoms with E-state index in [0.717, 1.165) is 31.6 Å². The van der Waals surface area contributed by atoms with Gasteiger partial charge in [0.1, 0.15) is 0 Å². The molecule has 2 rings (SSSR count). The minimum absolute atomic E-state index is 0.454. The SMILES string of the molecule is CC1(O)CCN(c2ccnc(F)c2)CC1. The van der Waals surface area contributed by atoms with Gasteiger partial charge >= 0.3 is 0 Å². The molecule has 15 heavy (non-hydrogen) atoms. The summed E-state index contributed by atoms with van der Waals surface area (Å²) < 4.78 is 12.9. The molecule has 1 N–H and O–H groups in total. The molecule has 0 spiro atoms. The number of anilines is 1. The van der Waals surface area contributed by atoms with E-state index in [1.807, 2.05) is 6.92 Å². The third-order valence-corrected chi connectivity index (χ3v) is 2.92. The van der Waals surface area contributed by atoms with Crippen molar-refractivity contribution in [1.29, 1.82) is 0 Å². The molecule has 1 fully saturated rings. The molecule has 0 aliphatic carbocycles. The number of aliphatic hydroxyl groups is 1. The van der Waals surface area contributed by atoms with Gasteiger partial charge in [0.2, 0.25) is 5.95 Å². The maximum atomic E-state index is 12.9. The number of pyridine rings is 1. The van der Waals surface area contributed by atoms with Gasteiger partial charge in [0.25, 0.3) is 0 Å². The zero-order valence-electron chi connectivity index (χ0n) is 8.78. The fourth-order valence-corrected chi connectivity index (χ4v) is 1.84. The molecule has 82 valence electrons. The molecule has 0 bridgehead atoms. The van der Waals surface area contributed by atoms with Crippen LogP contribution in [0.2, 0.25) is 0 Å². The fraction of sp³-hybridized carbons (Fsp3) is 0.545. The Morgan fingerprint density at radius 3 is 2.73 bits per heavy atom. The number of hydrogen-bond acceptors (Lipinski definition) is 3. The summed E-state index contributed by atoms with van der Waals surface area (Å²) in [7, 11) is 0. The van der Waals surface area contributed by atoms with E-state index in [1.54, 1.807) is 6.07 Å². The number of rotatable bonds is 1. The second-order valence-electron chi connectivity index (χ2n) is 4.32. The molecular formula is C11H15FN2O. The molecule has 1 aromatic rings. The van der Waals surface area contributed by atoms with Crippen LogP contribution in [-0.4, -0.2) is 28.8 Å². The zero-order chi connectivity index (χ0) is 10.9. The fourth-order valence-electron chi connectivity index (χ4n) is 1.84. The third kappa shape index (κ3) is 2.45.